The summed E-state index contributed by atoms with van der Waals surface area (Å²) in [4.78, 5) is 18.0. The van der Waals surface area contributed by atoms with Crippen molar-refractivity contribution in [2.45, 2.75) is 18.8 Å². The minimum atomic E-state index is -0.0592. The lowest BCUT2D eigenvalue weighted by Crippen LogP contribution is -2.21. The molecule has 2 aromatic heterocycles. The van der Waals surface area contributed by atoms with Crippen molar-refractivity contribution < 1.29 is 23.7 Å². The molecule has 1 aliphatic rings. The Balaban J connectivity index is 1.55. The molecule has 34 heavy (non-hydrogen) atoms. The summed E-state index contributed by atoms with van der Waals surface area (Å²) in [5.41, 5.74) is 4.90. The molecule has 0 radical (unpaired) electrons. The summed E-state index contributed by atoms with van der Waals surface area (Å²) in [6.45, 7) is 0. The Morgan fingerprint density at radius 3 is 2.21 bits per heavy atom. The van der Waals surface area contributed by atoms with Gasteiger partial charge < -0.3 is 18.9 Å². The van der Waals surface area contributed by atoms with E-state index in [2.05, 4.69) is 5.10 Å². The highest BCUT2D eigenvalue weighted by Gasteiger charge is 2.30. The molecule has 5 rings (SSSR count). The molecular formula is C26H25N3O5. The number of ketones is 1. The zero-order chi connectivity index (χ0) is 23.8. The molecule has 2 heterocycles. The largest absolute Gasteiger partial charge is 0.497 e. The maximum Gasteiger partial charge on any atom is 0.203 e. The van der Waals surface area contributed by atoms with Crippen LogP contribution in [-0.4, -0.2) is 48.8 Å². The average Bonchev–Trinajstić information content (AvgIpc) is 3.29. The number of ether oxygens (including phenoxy) is 4. The van der Waals surface area contributed by atoms with Gasteiger partial charge in [-0.3, -0.25) is 4.79 Å². The highest BCUT2D eigenvalue weighted by atomic mass is 16.5. The fourth-order valence-corrected chi connectivity index (χ4v) is 4.52. The number of fused-ring (bicyclic) bond motifs is 2. The number of rotatable bonds is 6. The van der Waals surface area contributed by atoms with Crippen molar-refractivity contribution in [1.29, 1.82) is 0 Å². The Morgan fingerprint density at radius 2 is 1.59 bits per heavy atom. The van der Waals surface area contributed by atoms with Crippen LogP contribution in [0.25, 0.3) is 16.8 Å². The molecule has 1 unspecified atom stereocenters. The average molecular weight is 460 g/mol. The Kier molecular flexibility index (Phi) is 5.57. The van der Waals surface area contributed by atoms with Crippen molar-refractivity contribution in [1.82, 2.24) is 14.6 Å². The molecule has 8 heteroatoms. The summed E-state index contributed by atoms with van der Waals surface area (Å²) in [5, 5.41) is 4.45. The molecule has 1 atom stereocenters. The van der Waals surface area contributed by atoms with Crippen LogP contribution >= 0.6 is 0 Å². The molecule has 2 aromatic carbocycles. The molecular weight excluding hydrogens is 434 g/mol. The first-order valence-electron chi connectivity index (χ1n) is 10.9. The first-order valence-corrected chi connectivity index (χ1v) is 10.9. The molecule has 0 spiro atoms. The van der Waals surface area contributed by atoms with Gasteiger partial charge in [-0.15, -0.1) is 0 Å². The number of nitrogens with zero attached hydrogens (tertiary/aromatic N) is 3. The Labute approximate surface area is 197 Å². The third-order valence-corrected chi connectivity index (χ3v) is 6.30. The van der Waals surface area contributed by atoms with E-state index in [1.807, 2.05) is 36.4 Å². The third kappa shape index (κ3) is 3.61. The van der Waals surface area contributed by atoms with E-state index in [1.165, 1.54) is 0 Å². The first kappa shape index (κ1) is 21.8. The normalized spacial score (nSPS) is 15.2. The minimum absolute atomic E-state index is 0.0379. The number of hydrogen-bond donors (Lipinski definition) is 0. The van der Waals surface area contributed by atoms with Crippen molar-refractivity contribution in [3.05, 3.63) is 65.6 Å². The van der Waals surface area contributed by atoms with E-state index in [-0.39, 0.29) is 11.7 Å². The topological polar surface area (TPSA) is 84.2 Å². The van der Waals surface area contributed by atoms with Crippen LogP contribution in [0.2, 0.25) is 0 Å². The fourth-order valence-electron chi connectivity index (χ4n) is 4.52. The molecule has 0 saturated carbocycles. The van der Waals surface area contributed by atoms with E-state index in [0.29, 0.717) is 41.3 Å². The summed E-state index contributed by atoms with van der Waals surface area (Å²) in [6.07, 6.45) is 4.55. The van der Waals surface area contributed by atoms with E-state index in [4.69, 9.17) is 23.9 Å². The Hall–Kier alpha value is -4.07. The molecule has 0 bridgehead atoms. The van der Waals surface area contributed by atoms with Gasteiger partial charge in [0.05, 0.1) is 45.9 Å². The lowest BCUT2D eigenvalue weighted by atomic mass is 9.82. The van der Waals surface area contributed by atoms with Crippen LogP contribution in [0.1, 0.15) is 34.0 Å². The van der Waals surface area contributed by atoms with Crippen LogP contribution in [0.5, 0.6) is 23.0 Å². The van der Waals surface area contributed by atoms with E-state index in [0.717, 1.165) is 28.1 Å². The second kappa shape index (κ2) is 8.70. The van der Waals surface area contributed by atoms with Gasteiger partial charge in [-0.25, -0.2) is 9.50 Å². The quantitative estimate of drug-likeness (QED) is 0.424. The van der Waals surface area contributed by atoms with Crippen molar-refractivity contribution in [3.8, 4) is 34.1 Å². The number of benzene rings is 2. The standard InChI is InChI=1S/C26H25N3O5/c1-31-18-7-5-15(6-8-18)19-13-27-29-14-20-21(28-26(19)29)9-16(10-22(20)30)17-11-23(32-2)25(34-4)24(12-17)33-3/h5-8,11-14,16H,9-10H2,1-4H3. The molecule has 4 aromatic rings. The highest BCUT2D eigenvalue weighted by Crippen LogP contribution is 2.42. The number of carbonyl (C=O) groups is 1. The van der Waals surface area contributed by atoms with Gasteiger partial charge in [0.1, 0.15) is 5.75 Å². The molecule has 0 aliphatic heterocycles. The Bertz CT molecular complexity index is 1350. The van der Waals surface area contributed by atoms with E-state index in [9.17, 15) is 4.79 Å². The predicted molar refractivity (Wildman–Crippen MR) is 126 cm³/mol. The van der Waals surface area contributed by atoms with E-state index >= 15 is 0 Å². The van der Waals surface area contributed by atoms with Crippen molar-refractivity contribution in [2.75, 3.05) is 28.4 Å². The molecule has 1 aliphatic carbocycles. The summed E-state index contributed by atoms with van der Waals surface area (Å²) < 4.78 is 23.4. The third-order valence-electron chi connectivity index (χ3n) is 6.30. The molecule has 0 amide bonds. The fraction of sp³-hybridized carbons (Fsp3) is 0.269. The van der Waals surface area contributed by atoms with Crippen LogP contribution in [-0.2, 0) is 6.42 Å². The molecule has 0 fully saturated rings. The van der Waals surface area contributed by atoms with Gasteiger partial charge in [-0.2, -0.15) is 5.10 Å². The summed E-state index contributed by atoms with van der Waals surface area (Å²) >= 11 is 0. The zero-order valence-corrected chi connectivity index (χ0v) is 19.5. The SMILES string of the molecule is COc1ccc(-c2cnn3cc4c(nc23)CC(c2cc(OC)c(OC)c(OC)c2)CC4=O)cc1. The predicted octanol–water partition coefficient (Wildman–Crippen LogP) is 4.34. The second-order valence-electron chi connectivity index (χ2n) is 8.14. The lowest BCUT2D eigenvalue weighted by Gasteiger charge is -2.24. The summed E-state index contributed by atoms with van der Waals surface area (Å²) in [5.74, 6) is 2.42. The molecule has 174 valence electrons. The minimum Gasteiger partial charge on any atom is -0.497 e. The number of Topliss-reactive ketones (excluding diaryl/α,β-unsaturated/α-hetero) is 1. The molecule has 0 N–H and O–H groups in total. The monoisotopic (exact) mass is 459 g/mol. The maximum absolute atomic E-state index is 13.1. The van der Waals surface area contributed by atoms with E-state index < -0.39 is 0 Å². The van der Waals surface area contributed by atoms with Gasteiger partial charge in [0.2, 0.25) is 5.75 Å². The van der Waals surface area contributed by atoms with Crippen molar-refractivity contribution >= 4 is 11.4 Å². The van der Waals surface area contributed by atoms with Gasteiger partial charge in [0.15, 0.2) is 22.9 Å². The smallest absolute Gasteiger partial charge is 0.203 e. The van der Waals surface area contributed by atoms with Crippen LogP contribution in [0.15, 0.2) is 48.8 Å². The van der Waals surface area contributed by atoms with Gasteiger partial charge >= 0.3 is 0 Å². The van der Waals surface area contributed by atoms with Crippen molar-refractivity contribution in [2.24, 2.45) is 0 Å². The zero-order valence-electron chi connectivity index (χ0n) is 19.5. The number of hydrogen-bond acceptors (Lipinski definition) is 7. The molecule has 8 nitrogen and oxygen atoms in total. The van der Waals surface area contributed by atoms with E-state index in [1.54, 1.807) is 45.3 Å². The number of methoxy groups -OCH3 is 4. The molecule has 0 saturated heterocycles. The van der Waals surface area contributed by atoms with Gasteiger partial charge in [0.25, 0.3) is 0 Å². The van der Waals surface area contributed by atoms with Crippen LogP contribution in [0, 0.1) is 0 Å². The summed E-state index contributed by atoms with van der Waals surface area (Å²) in [6, 6.07) is 11.6. The highest BCUT2D eigenvalue weighted by molar-refractivity contribution is 5.99. The second-order valence-corrected chi connectivity index (χ2v) is 8.14. The lowest BCUT2D eigenvalue weighted by molar-refractivity contribution is 0.0962. The first-order chi connectivity index (χ1) is 16.6. The number of aromatic nitrogens is 3. The Morgan fingerprint density at radius 1 is 0.882 bits per heavy atom. The van der Waals surface area contributed by atoms with Gasteiger partial charge in [-0.1, -0.05) is 12.1 Å². The summed E-state index contributed by atoms with van der Waals surface area (Å²) in [7, 11) is 6.38. The number of carbonyl (C=O) groups excluding carboxylic acids is 1. The maximum atomic E-state index is 13.1. The van der Waals surface area contributed by atoms with Gasteiger partial charge in [-0.05, 0) is 47.7 Å². The van der Waals surface area contributed by atoms with Crippen molar-refractivity contribution in [3.63, 3.8) is 0 Å². The van der Waals surface area contributed by atoms with Crippen LogP contribution < -0.4 is 18.9 Å². The van der Waals surface area contributed by atoms with Crippen LogP contribution in [0.4, 0.5) is 0 Å². The van der Waals surface area contributed by atoms with Gasteiger partial charge in [0, 0.05) is 18.2 Å². The van der Waals surface area contributed by atoms with Crippen LogP contribution in [0.3, 0.4) is 0 Å².